The Kier molecular flexibility index (Phi) is 5.34. The lowest BCUT2D eigenvalue weighted by molar-refractivity contribution is -0.153. The van der Waals surface area contributed by atoms with E-state index in [9.17, 15) is 4.79 Å². The average molecular weight is 415 g/mol. The van der Waals surface area contributed by atoms with Gasteiger partial charge in [0.2, 0.25) is 0 Å². The van der Waals surface area contributed by atoms with Gasteiger partial charge in [-0.3, -0.25) is 4.79 Å². The van der Waals surface area contributed by atoms with Crippen LogP contribution in [0.25, 0.3) is 0 Å². The van der Waals surface area contributed by atoms with Crippen molar-refractivity contribution in [3.8, 4) is 5.75 Å². The molecule has 4 rings (SSSR count). The highest BCUT2D eigenvalue weighted by Crippen LogP contribution is 2.54. The minimum absolute atomic E-state index is 0.0144. The van der Waals surface area contributed by atoms with Crippen LogP contribution >= 0.6 is 11.6 Å². The molecule has 4 nitrogen and oxygen atoms in total. The molecule has 0 aliphatic carbocycles. The molecule has 1 N–H and O–H groups in total. The van der Waals surface area contributed by atoms with Gasteiger partial charge in [-0.1, -0.05) is 35.9 Å². The molecule has 2 aromatic rings. The average Bonchev–Trinajstić information content (AvgIpc) is 2.66. The molecular formula is C24H27ClO4. The van der Waals surface area contributed by atoms with Crippen molar-refractivity contribution in [3.05, 3.63) is 64.2 Å². The molecule has 0 spiro atoms. The lowest BCUT2D eigenvalue weighted by Gasteiger charge is -2.51. The Morgan fingerprint density at radius 2 is 1.97 bits per heavy atom. The third kappa shape index (κ3) is 3.88. The van der Waals surface area contributed by atoms with Crippen LogP contribution in [0.3, 0.4) is 0 Å². The van der Waals surface area contributed by atoms with Gasteiger partial charge in [-0.15, -0.1) is 0 Å². The van der Waals surface area contributed by atoms with Crippen molar-refractivity contribution in [1.82, 2.24) is 0 Å². The Labute approximate surface area is 176 Å². The third-order valence-corrected chi connectivity index (χ3v) is 6.72. The van der Waals surface area contributed by atoms with Crippen LogP contribution in [0.15, 0.2) is 42.5 Å². The van der Waals surface area contributed by atoms with E-state index in [-0.39, 0.29) is 36.1 Å². The van der Waals surface area contributed by atoms with Crippen molar-refractivity contribution in [2.45, 2.75) is 63.8 Å². The van der Waals surface area contributed by atoms with Crippen molar-refractivity contribution in [2.24, 2.45) is 5.92 Å². The number of carboxylic acid groups (broad SMARTS) is 1. The highest BCUT2D eigenvalue weighted by atomic mass is 35.5. The molecule has 0 amide bonds. The van der Waals surface area contributed by atoms with E-state index in [1.807, 2.05) is 30.3 Å². The molecule has 2 aliphatic heterocycles. The normalized spacial score (nSPS) is 27.4. The molecule has 1 saturated heterocycles. The van der Waals surface area contributed by atoms with Crippen molar-refractivity contribution in [2.75, 3.05) is 0 Å². The molecule has 0 bridgehead atoms. The second kappa shape index (κ2) is 7.66. The minimum atomic E-state index is -0.789. The molecular weight excluding hydrogens is 388 g/mol. The first-order chi connectivity index (χ1) is 13.8. The van der Waals surface area contributed by atoms with Crippen LogP contribution in [0.4, 0.5) is 0 Å². The van der Waals surface area contributed by atoms with Crippen molar-refractivity contribution >= 4 is 17.6 Å². The number of benzene rings is 2. The van der Waals surface area contributed by atoms with Gasteiger partial charge in [-0.25, -0.2) is 0 Å². The Balaban J connectivity index is 1.67. The maximum Gasteiger partial charge on any atom is 0.303 e. The molecule has 2 aromatic carbocycles. The zero-order chi connectivity index (χ0) is 20.8. The summed E-state index contributed by atoms with van der Waals surface area (Å²) in [6.07, 6.45) is 1.47. The van der Waals surface area contributed by atoms with E-state index in [0.717, 1.165) is 33.9 Å². The molecule has 4 atom stereocenters. The number of fused-ring (bicyclic) bond motifs is 3. The molecule has 0 radical (unpaired) electrons. The zero-order valence-electron chi connectivity index (χ0n) is 17.0. The van der Waals surface area contributed by atoms with Gasteiger partial charge in [-0.05, 0) is 62.9 Å². The number of ether oxygens (including phenoxy) is 2. The molecule has 0 saturated carbocycles. The summed E-state index contributed by atoms with van der Waals surface area (Å²) in [6, 6.07) is 14.0. The SMILES string of the molecule is C[C@@H]1O[C@@H]2c3cc(CCC(=O)O)ccc3OC(C)(C)[C@H]2C[C@H]1c1ccccc1Cl. The largest absolute Gasteiger partial charge is 0.487 e. The fraction of sp³-hybridized carbons (Fsp3) is 0.458. The topological polar surface area (TPSA) is 55.8 Å². The minimum Gasteiger partial charge on any atom is -0.487 e. The Morgan fingerprint density at radius 3 is 2.69 bits per heavy atom. The fourth-order valence-electron chi connectivity index (χ4n) is 4.78. The number of rotatable bonds is 4. The van der Waals surface area contributed by atoms with E-state index in [1.54, 1.807) is 0 Å². The maximum atomic E-state index is 11.0. The maximum absolute atomic E-state index is 11.0. The summed E-state index contributed by atoms with van der Waals surface area (Å²) in [6.45, 7) is 6.35. The van der Waals surface area contributed by atoms with Gasteiger partial charge >= 0.3 is 5.97 Å². The summed E-state index contributed by atoms with van der Waals surface area (Å²) >= 11 is 6.50. The molecule has 0 unspecified atom stereocenters. The predicted octanol–water partition coefficient (Wildman–Crippen LogP) is 5.78. The predicted molar refractivity (Wildman–Crippen MR) is 113 cm³/mol. The zero-order valence-corrected chi connectivity index (χ0v) is 17.8. The Bertz CT molecular complexity index is 923. The van der Waals surface area contributed by atoms with Crippen molar-refractivity contribution < 1.29 is 19.4 Å². The smallest absolute Gasteiger partial charge is 0.303 e. The van der Waals surface area contributed by atoms with Crippen LogP contribution in [0.1, 0.15) is 62.3 Å². The van der Waals surface area contributed by atoms with Crippen molar-refractivity contribution in [3.63, 3.8) is 0 Å². The molecule has 1 fully saturated rings. The van der Waals surface area contributed by atoms with Crippen LogP contribution in [0.5, 0.6) is 5.75 Å². The standard InChI is InChI=1S/C24H27ClO4/c1-14-17(16-6-4-5-7-20(16)25)13-19-23(28-14)18-12-15(9-11-22(26)27)8-10-21(18)29-24(19,2)3/h4-8,10,12,14,17,19,23H,9,11,13H2,1-3H3,(H,26,27)/t14-,17+,19-,23+/m0/s1. The van der Waals surface area contributed by atoms with E-state index in [1.165, 1.54) is 0 Å². The van der Waals surface area contributed by atoms with Gasteiger partial charge < -0.3 is 14.6 Å². The summed E-state index contributed by atoms with van der Waals surface area (Å²) in [5, 5.41) is 9.78. The molecule has 154 valence electrons. The van der Waals surface area contributed by atoms with E-state index >= 15 is 0 Å². The monoisotopic (exact) mass is 414 g/mol. The highest BCUT2D eigenvalue weighted by molar-refractivity contribution is 6.31. The number of aryl methyl sites for hydroxylation is 1. The first-order valence-electron chi connectivity index (χ1n) is 10.2. The quantitative estimate of drug-likeness (QED) is 0.689. The number of carboxylic acids is 1. The lowest BCUT2D eigenvalue weighted by atomic mass is 9.70. The van der Waals surface area contributed by atoms with Gasteiger partial charge in [0.25, 0.3) is 0 Å². The summed E-state index contributed by atoms with van der Waals surface area (Å²) in [5.41, 5.74) is 2.77. The second-order valence-electron chi connectivity index (χ2n) is 8.70. The Hall–Kier alpha value is -2.04. The van der Waals surface area contributed by atoms with Crippen molar-refractivity contribution in [1.29, 1.82) is 0 Å². The molecule has 0 aromatic heterocycles. The summed E-state index contributed by atoms with van der Waals surface area (Å²) in [7, 11) is 0. The van der Waals surface area contributed by atoms with Gasteiger partial charge in [0.15, 0.2) is 0 Å². The van der Waals surface area contributed by atoms with Crippen LogP contribution in [-0.4, -0.2) is 22.8 Å². The molecule has 5 heteroatoms. The summed E-state index contributed by atoms with van der Waals surface area (Å²) < 4.78 is 13.0. The van der Waals surface area contributed by atoms with E-state index in [4.69, 9.17) is 26.2 Å². The number of aliphatic carboxylic acids is 1. The molecule has 29 heavy (non-hydrogen) atoms. The van der Waals surface area contributed by atoms with Gasteiger partial charge in [0, 0.05) is 28.8 Å². The molecule has 2 heterocycles. The van der Waals surface area contributed by atoms with E-state index in [0.29, 0.717) is 6.42 Å². The number of hydrogen-bond acceptors (Lipinski definition) is 3. The first kappa shape index (κ1) is 20.2. The van der Waals surface area contributed by atoms with Gasteiger partial charge in [-0.2, -0.15) is 0 Å². The van der Waals surface area contributed by atoms with Crippen LogP contribution in [0.2, 0.25) is 5.02 Å². The summed E-state index contributed by atoms with van der Waals surface area (Å²) in [5.74, 6) is 0.411. The van der Waals surface area contributed by atoms with E-state index < -0.39 is 5.97 Å². The number of halogens is 1. The van der Waals surface area contributed by atoms with Gasteiger partial charge in [0.05, 0.1) is 12.2 Å². The van der Waals surface area contributed by atoms with Gasteiger partial charge in [0.1, 0.15) is 11.4 Å². The van der Waals surface area contributed by atoms with Crippen LogP contribution in [0, 0.1) is 5.92 Å². The van der Waals surface area contributed by atoms with E-state index in [2.05, 4.69) is 32.9 Å². The lowest BCUT2D eigenvalue weighted by Crippen LogP contribution is -2.50. The number of hydrogen-bond donors (Lipinski definition) is 1. The van der Waals surface area contributed by atoms with Crippen LogP contribution < -0.4 is 4.74 Å². The first-order valence-corrected chi connectivity index (χ1v) is 10.6. The van der Waals surface area contributed by atoms with Crippen LogP contribution in [-0.2, 0) is 16.0 Å². The highest BCUT2D eigenvalue weighted by Gasteiger charge is 2.50. The number of carbonyl (C=O) groups is 1. The fourth-order valence-corrected chi connectivity index (χ4v) is 5.06. The summed E-state index contributed by atoms with van der Waals surface area (Å²) in [4.78, 5) is 11.0. The molecule has 2 aliphatic rings. The Morgan fingerprint density at radius 1 is 1.21 bits per heavy atom. The third-order valence-electron chi connectivity index (χ3n) is 6.38. The second-order valence-corrected chi connectivity index (χ2v) is 9.11.